The van der Waals surface area contributed by atoms with Gasteiger partial charge in [0.25, 0.3) is 0 Å². The molecular formula is C29H35N9O2. The van der Waals surface area contributed by atoms with Crippen LogP contribution in [-0.2, 0) is 9.53 Å². The second-order valence-corrected chi connectivity index (χ2v) is 11.1. The highest BCUT2D eigenvalue weighted by atomic mass is 16.5. The molecule has 7 rings (SSSR count). The summed E-state index contributed by atoms with van der Waals surface area (Å²) in [5.74, 6) is 0.523. The number of carbonyl (C=O) groups excluding carboxylic acids is 1. The minimum Gasteiger partial charge on any atom is -0.382 e. The molecule has 3 saturated heterocycles. The van der Waals surface area contributed by atoms with Crippen LogP contribution in [0.2, 0.25) is 0 Å². The van der Waals surface area contributed by atoms with Crippen LogP contribution in [0.15, 0.2) is 42.9 Å². The van der Waals surface area contributed by atoms with Crippen LogP contribution in [0.5, 0.6) is 0 Å². The molecule has 3 fully saturated rings. The third-order valence-corrected chi connectivity index (χ3v) is 8.78. The van der Waals surface area contributed by atoms with E-state index in [1.807, 2.05) is 15.3 Å². The molecule has 4 aromatic rings. The highest BCUT2D eigenvalue weighted by Crippen LogP contribution is 2.38. The van der Waals surface area contributed by atoms with Gasteiger partial charge in [-0.3, -0.25) is 4.79 Å². The summed E-state index contributed by atoms with van der Waals surface area (Å²) in [6.45, 7) is 4.23. The summed E-state index contributed by atoms with van der Waals surface area (Å²) in [6.07, 6.45) is 8.97. The normalized spacial score (nSPS) is 21.4. The summed E-state index contributed by atoms with van der Waals surface area (Å²) in [7, 11) is 0. The number of piperidine rings is 2. The van der Waals surface area contributed by atoms with Crippen LogP contribution in [-0.4, -0.2) is 79.3 Å². The quantitative estimate of drug-likeness (QED) is 0.395. The van der Waals surface area contributed by atoms with Gasteiger partial charge in [-0.05, 0) is 69.3 Å². The molecule has 3 aromatic heterocycles. The predicted octanol–water partition coefficient (Wildman–Crippen LogP) is 3.05. The van der Waals surface area contributed by atoms with Crippen LogP contribution in [0.4, 0.5) is 5.82 Å². The number of anilines is 1. The van der Waals surface area contributed by atoms with Gasteiger partial charge < -0.3 is 20.7 Å². The number of nitrogens with two attached hydrogens (primary N) is 1. The van der Waals surface area contributed by atoms with Gasteiger partial charge in [-0.25, -0.2) is 14.2 Å². The second kappa shape index (κ2) is 10.6. The fraction of sp³-hybridized carbons (Fsp3) is 0.483. The smallest absolute Gasteiger partial charge is 0.230 e. The van der Waals surface area contributed by atoms with Crippen molar-refractivity contribution < 1.29 is 9.53 Å². The Morgan fingerprint density at radius 2 is 1.85 bits per heavy atom. The minimum atomic E-state index is -0.131. The van der Waals surface area contributed by atoms with Crippen molar-refractivity contribution in [1.29, 1.82) is 0 Å². The van der Waals surface area contributed by atoms with Crippen molar-refractivity contribution in [2.24, 2.45) is 0 Å². The SMILES string of the molecule is Nc1ncnn2c(-c3cccc([C@H]4CCCN(C5CCNCC5)C4=O)c3)cc(-c3cnnn3C3CCOCC3)c12. The Kier molecular flexibility index (Phi) is 6.68. The van der Waals surface area contributed by atoms with Crippen LogP contribution < -0.4 is 11.1 Å². The Morgan fingerprint density at radius 3 is 2.70 bits per heavy atom. The number of carbonyl (C=O) groups is 1. The molecule has 1 amide bonds. The lowest BCUT2D eigenvalue weighted by Gasteiger charge is -2.40. The van der Waals surface area contributed by atoms with Gasteiger partial charge in [0, 0.05) is 36.9 Å². The van der Waals surface area contributed by atoms with E-state index in [4.69, 9.17) is 10.5 Å². The molecule has 1 aromatic carbocycles. The number of benzene rings is 1. The molecule has 3 N–H and O–H groups in total. The molecule has 0 saturated carbocycles. The molecular weight excluding hydrogens is 506 g/mol. The van der Waals surface area contributed by atoms with Crippen molar-refractivity contribution in [1.82, 2.24) is 39.8 Å². The predicted molar refractivity (Wildman–Crippen MR) is 151 cm³/mol. The maximum absolute atomic E-state index is 13.7. The Balaban J connectivity index is 1.26. The van der Waals surface area contributed by atoms with E-state index in [1.165, 1.54) is 6.33 Å². The monoisotopic (exact) mass is 541 g/mol. The molecule has 208 valence electrons. The van der Waals surface area contributed by atoms with Crippen LogP contribution in [0.25, 0.3) is 28.0 Å². The topological polar surface area (TPSA) is 128 Å². The number of aromatic nitrogens is 6. The van der Waals surface area contributed by atoms with E-state index >= 15 is 0 Å². The van der Waals surface area contributed by atoms with E-state index in [-0.39, 0.29) is 17.9 Å². The number of hydrogen-bond acceptors (Lipinski definition) is 8. The van der Waals surface area contributed by atoms with Crippen LogP contribution in [0, 0.1) is 0 Å². The highest BCUT2D eigenvalue weighted by molar-refractivity contribution is 5.91. The van der Waals surface area contributed by atoms with Crippen molar-refractivity contribution in [3.8, 4) is 22.5 Å². The first-order chi connectivity index (χ1) is 19.7. The van der Waals surface area contributed by atoms with Crippen LogP contribution in [0.1, 0.15) is 56.0 Å². The first-order valence-corrected chi connectivity index (χ1v) is 14.4. The van der Waals surface area contributed by atoms with Crippen molar-refractivity contribution >= 4 is 17.2 Å². The number of fused-ring (bicyclic) bond motifs is 1. The third-order valence-electron chi connectivity index (χ3n) is 8.78. The second-order valence-electron chi connectivity index (χ2n) is 11.1. The van der Waals surface area contributed by atoms with E-state index in [9.17, 15) is 4.79 Å². The van der Waals surface area contributed by atoms with Crippen molar-refractivity contribution in [2.75, 3.05) is 38.6 Å². The van der Waals surface area contributed by atoms with E-state index in [0.717, 1.165) is 91.8 Å². The first kappa shape index (κ1) is 25.2. The molecule has 0 spiro atoms. The van der Waals surface area contributed by atoms with Gasteiger partial charge >= 0.3 is 0 Å². The molecule has 0 bridgehead atoms. The lowest BCUT2D eigenvalue weighted by molar-refractivity contribution is -0.138. The van der Waals surface area contributed by atoms with Crippen molar-refractivity contribution in [3.63, 3.8) is 0 Å². The zero-order valence-electron chi connectivity index (χ0n) is 22.6. The fourth-order valence-electron chi connectivity index (χ4n) is 6.71. The van der Waals surface area contributed by atoms with Crippen molar-refractivity contribution in [3.05, 3.63) is 48.4 Å². The maximum Gasteiger partial charge on any atom is 0.230 e. The minimum absolute atomic E-state index is 0.131. The average molecular weight is 542 g/mol. The van der Waals surface area contributed by atoms with E-state index in [2.05, 4.69) is 54.9 Å². The fourth-order valence-corrected chi connectivity index (χ4v) is 6.71. The zero-order chi connectivity index (χ0) is 27.1. The molecule has 40 heavy (non-hydrogen) atoms. The van der Waals surface area contributed by atoms with Crippen LogP contribution >= 0.6 is 0 Å². The molecule has 6 heterocycles. The number of hydrogen-bond donors (Lipinski definition) is 2. The van der Waals surface area contributed by atoms with Gasteiger partial charge in [0.05, 0.1) is 29.5 Å². The summed E-state index contributed by atoms with van der Waals surface area (Å²) in [5.41, 5.74) is 11.9. The van der Waals surface area contributed by atoms with E-state index < -0.39 is 0 Å². The van der Waals surface area contributed by atoms with E-state index in [1.54, 1.807) is 6.20 Å². The molecule has 0 aliphatic carbocycles. The largest absolute Gasteiger partial charge is 0.382 e. The molecule has 11 heteroatoms. The third kappa shape index (κ3) is 4.43. The maximum atomic E-state index is 13.7. The van der Waals surface area contributed by atoms with Crippen LogP contribution in [0.3, 0.4) is 0 Å². The standard InChI is InChI=1S/C29H35N9O2/c30-28-27-24(26-17-33-35-37(26)22-8-13-40-14-9-22)16-25(38(27)34-18-32-28)20-4-1-3-19(15-20)23-5-2-12-36(29(23)39)21-6-10-31-11-7-21/h1,3-4,15-18,21-23,31H,2,5-14H2,(H2,30,32,34)/t23-/m1/s1. The summed E-state index contributed by atoms with van der Waals surface area (Å²) >= 11 is 0. The van der Waals surface area contributed by atoms with Gasteiger partial charge in [-0.15, -0.1) is 5.10 Å². The number of likely N-dealkylation sites (tertiary alicyclic amines) is 1. The summed E-state index contributed by atoms with van der Waals surface area (Å²) in [4.78, 5) is 20.2. The molecule has 0 radical (unpaired) electrons. The van der Waals surface area contributed by atoms with Gasteiger partial charge in [0.1, 0.15) is 11.8 Å². The van der Waals surface area contributed by atoms with Crippen molar-refractivity contribution in [2.45, 2.75) is 56.5 Å². The van der Waals surface area contributed by atoms with Gasteiger partial charge in [-0.1, -0.05) is 23.4 Å². The molecule has 11 nitrogen and oxygen atoms in total. The lowest BCUT2D eigenvalue weighted by Crippen LogP contribution is -2.50. The lowest BCUT2D eigenvalue weighted by atomic mass is 9.87. The molecule has 3 aliphatic heterocycles. The number of nitrogens with zero attached hydrogens (tertiary/aromatic N) is 7. The molecule has 0 unspecified atom stereocenters. The summed E-state index contributed by atoms with van der Waals surface area (Å²) in [6, 6.07) is 11.0. The van der Waals surface area contributed by atoms with Gasteiger partial charge in [0.2, 0.25) is 5.91 Å². The molecule has 3 aliphatic rings. The first-order valence-electron chi connectivity index (χ1n) is 14.4. The van der Waals surface area contributed by atoms with Gasteiger partial charge in [-0.2, -0.15) is 5.10 Å². The number of nitrogens with one attached hydrogen (secondary N) is 1. The number of ether oxygens (including phenoxy) is 1. The van der Waals surface area contributed by atoms with Gasteiger partial charge in [0.15, 0.2) is 5.82 Å². The van der Waals surface area contributed by atoms with E-state index in [0.29, 0.717) is 25.1 Å². The Labute approximate surface area is 232 Å². The average Bonchev–Trinajstić information content (AvgIpc) is 3.64. The summed E-state index contributed by atoms with van der Waals surface area (Å²) in [5, 5.41) is 16.7. The number of rotatable bonds is 5. The highest BCUT2D eigenvalue weighted by Gasteiger charge is 2.34. The zero-order valence-corrected chi connectivity index (χ0v) is 22.6. The number of nitrogen functional groups attached to an aromatic ring is 1. The Bertz CT molecular complexity index is 1520. The number of amides is 1. The Morgan fingerprint density at radius 1 is 1.00 bits per heavy atom. The Hall–Kier alpha value is -3.83. The summed E-state index contributed by atoms with van der Waals surface area (Å²) < 4.78 is 9.40. The molecule has 1 atom stereocenters.